The lowest BCUT2D eigenvalue weighted by Gasteiger charge is -2.14. The van der Waals surface area contributed by atoms with E-state index in [0.717, 1.165) is 31.6 Å². The van der Waals surface area contributed by atoms with E-state index < -0.39 is 0 Å². The summed E-state index contributed by atoms with van der Waals surface area (Å²) < 4.78 is 7.15. The maximum atomic E-state index is 5.79. The molecule has 0 aliphatic carbocycles. The maximum absolute atomic E-state index is 5.79. The Hall–Kier alpha value is -2.62. The van der Waals surface area contributed by atoms with Gasteiger partial charge in [0.15, 0.2) is 0 Å². The molecule has 0 spiro atoms. The summed E-state index contributed by atoms with van der Waals surface area (Å²) in [5.41, 5.74) is 5.54. The lowest BCUT2D eigenvalue weighted by molar-refractivity contribution is 0.317. The van der Waals surface area contributed by atoms with Crippen LogP contribution in [-0.2, 0) is 12.8 Å². The summed E-state index contributed by atoms with van der Waals surface area (Å²) in [6.45, 7) is 11.1. The van der Waals surface area contributed by atoms with E-state index in [1.807, 2.05) is 11.3 Å². The molecule has 1 aromatic heterocycles. The van der Waals surface area contributed by atoms with Crippen LogP contribution in [0, 0.1) is 0 Å². The Kier molecular flexibility index (Phi) is 11.9. The van der Waals surface area contributed by atoms with Crippen LogP contribution in [0.15, 0.2) is 72.8 Å². The number of ether oxygens (including phenoxy) is 1. The highest BCUT2D eigenvalue weighted by Gasteiger charge is 2.15. The summed E-state index contributed by atoms with van der Waals surface area (Å²) >= 11 is 1.90. The molecule has 0 unspecified atom stereocenters. The lowest BCUT2D eigenvalue weighted by Crippen LogP contribution is -2.21. The summed E-state index contributed by atoms with van der Waals surface area (Å²) in [6, 6.07) is 26.8. The van der Waals surface area contributed by atoms with E-state index in [-0.39, 0.29) is 0 Å². The second kappa shape index (κ2) is 15.8. The standard InChI is InChI=1S/C30H33NOS.C6H14/c1-2-21-32-26-15-13-25(14-16-26)30-28(27-7-3-4-8-29(27)33-30)22-24-11-9-23(10-12-24)17-20-31-18-5-6-19-31;1-3-5-6-4-2/h3-4,7-16H,2,5-6,17-22H2,1H3;3-6H2,1-2H3. The van der Waals surface area contributed by atoms with Gasteiger partial charge in [-0.1, -0.05) is 88.9 Å². The van der Waals surface area contributed by atoms with Crippen LogP contribution in [-0.4, -0.2) is 31.1 Å². The zero-order valence-corrected chi connectivity index (χ0v) is 25.2. The van der Waals surface area contributed by atoms with Gasteiger partial charge in [-0.05, 0) is 103 Å². The molecule has 1 aliphatic heterocycles. The fourth-order valence-corrected chi connectivity index (χ4v) is 6.48. The second-order valence-corrected chi connectivity index (χ2v) is 11.8. The first kappa shape index (κ1) is 29.4. The number of nitrogens with zero attached hydrogens (tertiary/aromatic N) is 1. The molecule has 1 saturated heterocycles. The van der Waals surface area contributed by atoms with Crippen LogP contribution in [0.25, 0.3) is 20.5 Å². The normalized spacial score (nSPS) is 13.4. The molecule has 3 heteroatoms. The molecule has 3 aromatic carbocycles. The highest BCUT2D eigenvalue weighted by Crippen LogP contribution is 2.40. The van der Waals surface area contributed by atoms with Gasteiger partial charge in [0.05, 0.1) is 6.61 Å². The summed E-state index contributed by atoms with van der Waals surface area (Å²) in [7, 11) is 0. The highest BCUT2D eigenvalue weighted by molar-refractivity contribution is 7.22. The Morgan fingerprint density at radius 3 is 2.08 bits per heavy atom. The predicted molar refractivity (Wildman–Crippen MR) is 171 cm³/mol. The zero-order valence-electron chi connectivity index (χ0n) is 24.4. The van der Waals surface area contributed by atoms with Crippen LogP contribution in [0.3, 0.4) is 0 Å². The van der Waals surface area contributed by atoms with Gasteiger partial charge in [-0.25, -0.2) is 0 Å². The number of unbranched alkanes of at least 4 members (excludes halogenated alkanes) is 3. The third-order valence-electron chi connectivity index (χ3n) is 7.56. The van der Waals surface area contributed by atoms with Crippen LogP contribution in [0.2, 0.25) is 0 Å². The van der Waals surface area contributed by atoms with Crippen LogP contribution >= 0.6 is 11.3 Å². The van der Waals surface area contributed by atoms with Crippen molar-refractivity contribution in [1.29, 1.82) is 0 Å². The molecule has 0 amide bonds. The number of likely N-dealkylation sites (tertiary alicyclic amines) is 1. The monoisotopic (exact) mass is 541 g/mol. The molecule has 1 fully saturated rings. The van der Waals surface area contributed by atoms with E-state index in [1.165, 1.54) is 95.4 Å². The van der Waals surface area contributed by atoms with Crippen molar-refractivity contribution in [2.24, 2.45) is 0 Å². The third-order valence-corrected chi connectivity index (χ3v) is 8.83. The zero-order chi connectivity index (χ0) is 27.3. The minimum atomic E-state index is 0.765. The summed E-state index contributed by atoms with van der Waals surface area (Å²) in [5, 5.41) is 1.38. The van der Waals surface area contributed by atoms with Crippen molar-refractivity contribution in [3.8, 4) is 16.2 Å². The van der Waals surface area contributed by atoms with E-state index in [1.54, 1.807) is 0 Å². The first-order valence-electron chi connectivity index (χ1n) is 15.3. The molecule has 2 heterocycles. The molecule has 1 aliphatic rings. The summed E-state index contributed by atoms with van der Waals surface area (Å²) in [6.07, 6.45) is 11.4. The van der Waals surface area contributed by atoms with E-state index in [9.17, 15) is 0 Å². The molecule has 5 rings (SSSR count). The highest BCUT2D eigenvalue weighted by atomic mass is 32.1. The van der Waals surface area contributed by atoms with Crippen molar-refractivity contribution in [3.05, 3.63) is 89.5 Å². The molecule has 0 N–H and O–H groups in total. The largest absolute Gasteiger partial charge is 0.494 e. The van der Waals surface area contributed by atoms with E-state index >= 15 is 0 Å². The van der Waals surface area contributed by atoms with Gasteiger partial charge in [0.25, 0.3) is 0 Å². The van der Waals surface area contributed by atoms with Gasteiger partial charge in [-0.3, -0.25) is 0 Å². The average Bonchev–Trinajstić information content (AvgIpc) is 3.64. The van der Waals surface area contributed by atoms with Gasteiger partial charge in [0, 0.05) is 16.1 Å². The number of thiophene rings is 1. The Morgan fingerprint density at radius 1 is 0.744 bits per heavy atom. The van der Waals surface area contributed by atoms with Crippen LogP contribution in [0.5, 0.6) is 5.75 Å². The van der Waals surface area contributed by atoms with Gasteiger partial charge in [-0.15, -0.1) is 11.3 Å². The number of fused-ring (bicyclic) bond motifs is 1. The number of rotatable bonds is 12. The molecule has 2 nitrogen and oxygen atoms in total. The Labute approximate surface area is 241 Å². The topological polar surface area (TPSA) is 12.5 Å². The summed E-state index contributed by atoms with van der Waals surface area (Å²) in [4.78, 5) is 3.97. The SMILES string of the molecule is CCCCCC.CCCOc1ccc(-c2sc3ccccc3c2Cc2ccc(CCN3CCCC3)cc2)cc1. The van der Waals surface area contributed by atoms with Crippen LogP contribution in [0.1, 0.15) is 82.4 Å². The van der Waals surface area contributed by atoms with Crippen molar-refractivity contribution in [2.75, 3.05) is 26.2 Å². The van der Waals surface area contributed by atoms with Crippen molar-refractivity contribution in [2.45, 2.75) is 78.6 Å². The number of hydrogen-bond acceptors (Lipinski definition) is 3. The molecule has 0 saturated carbocycles. The van der Waals surface area contributed by atoms with Gasteiger partial charge in [0.2, 0.25) is 0 Å². The number of benzene rings is 3. The molecule has 0 atom stereocenters. The molecule has 4 aromatic rings. The lowest BCUT2D eigenvalue weighted by atomic mass is 9.98. The van der Waals surface area contributed by atoms with Gasteiger partial charge < -0.3 is 9.64 Å². The van der Waals surface area contributed by atoms with Crippen LogP contribution in [0.4, 0.5) is 0 Å². The van der Waals surface area contributed by atoms with E-state index in [2.05, 4.69) is 98.5 Å². The Bertz CT molecular complexity index is 1230. The minimum absolute atomic E-state index is 0.765. The molecule has 39 heavy (non-hydrogen) atoms. The minimum Gasteiger partial charge on any atom is -0.494 e. The third kappa shape index (κ3) is 8.68. The van der Waals surface area contributed by atoms with Gasteiger partial charge in [-0.2, -0.15) is 0 Å². The van der Waals surface area contributed by atoms with Crippen molar-refractivity contribution in [1.82, 2.24) is 4.90 Å². The summed E-state index contributed by atoms with van der Waals surface area (Å²) in [5.74, 6) is 0.952. The molecular formula is C36H47NOS. The van der Waals surface area contributed by atoms with Crippen molar-refractivity contribution >= 4 is 21.4 Å². The van der Waals surface area contributed by atoms with Crippen molar-refractivity contribution in [3.63, 3.8) is 0 Å². The Balaban J connectivity index is 0.000000531. The fourth-order valence-electron chi connectivity index (χ4n) is 5.25. The molecule has 0 radical (unpaired) electrons. The van der Waals surface area contributed by atoms with Crippen molar-refractivity contribution < 1.29 is 4.74 Å². The van der Waals surface area contributed by atoms with Gasteiger partial charge >= 0.3 is 0 Å². The van der Waals surface area contributed by atoms with E-state index in [0.29, 0.717) is 0 Å². The first-order valence-corrected chi connectivity index (χ1v) is 16.1. The van der Waals surface area contributed by atoms with Crippen LogP contribution < -0.4 is 4.74 Å². The maximum Gasteiger partial charge on any atom is 0.119 e. The fraction of sp³-hybridized carbons (Fsp3) is 0.444. The second-order valence-electron chi connectivity index (χ2n) is 10.8. The smallest absolute Gasteiger partial charge is 0.119 e. The predicted octanol–water partition coefficient (Wildman–Crippen LogP) is 10.2. The molecular weight excluding hydrogens is 494 g/mol. The molecule has 0 bridgehead atoms. The quantitative estimate of drug-likeness (QED) is 0.165. The first-order chi connectivity index (χ1) is 19.2. The van der Waals surface area contributed by atoms with Gasteiger partial charge in [0.1, 0.15) is 5.75 Å². The molecule has 208 valence electrons. The Morgan fingerprint density at radius 2 is 1.41 bits per heavy atom. The number of hydrogen-bond donors (Lipinski definition) is 0. The average molecular weight is 542 g/mol. The van der Waals surface area contributed by atoms with E-state index in [4.69, 9.17) is 4.74 Å².